The molecule has 1 N–H and O–H groups in total. The van der Waals surface area contributed by atoms with Crippen LogP contribution in [0.4, 0.5) is 0 Å². The van der Waals surface area contributed by atoms with Gasteiger partial charge in [0.2, 0.25) is 0 Å². The van der Waals surface area contributed by atoms with Gasteiger partial charge in [0.1, 0.15) is 5.75 Å². The quantitative estimate of drug-likeness (QED) is 0.924. The van der Waals surface area contributed by atoms with Crippen LogP contribution in [-0.2, 0) is 6.42 Å². The van der Waals surface area contributed by atoms with Crippen LogP contribution in [0.3, 0.4) is 0 Å². The molecule has 1 aliphatic carbocycles. The molecule has 1 aromatic rings. The predicted octanol–water partition coefficient (Wildman–Crippen LogP) is 3.17. The molecule has 2 aliphatic rings. The number of hydrogen-bond acceptors (Lipinski definition) is 3. The molecule has 1 fully saturated rings. The topological polar surface area (TPSA) is 32.7 Å². The Balaban J connectivity index is 1.78. The minimum atomic E-state index is -0.375. The molecule has 2 unspecified atom stereocenters. The lowest BCUT2D eigenvalue weighted by atomic mass is 9.82. The second-order valence-corrected chi connectivity index (χ2v) is 6.71. The summed E-state index contributed by atoms with van der Waals surface area (Å²) in [5.41, 5.74) is 2.80. The Morgan fingerprint density at radius 2 is 2.10 bits per heavy atom. The van der Waals surface area contributed by atoms with E-state index in [1.165, 1.54) is 24.8 Å². The minimum absolute atomic E-state index is 0.243. The highest BCUT2D eigenvalue weighted by Crippen LogP contribution is 2.43. The molecule has 0 radical (unpaired) electrons. The lowest BCUT2D eigenvalue weighted by molar-refractivity contribution is 0.0662. The van der Waals surface area contributed by atoms with Gasteiger partial charge in [-0.2, -0.15) is 0 Å². The zero-order chi connectivity index (χ0) is 15.0. The van der Waals surface area contributed by atoms with E-state index in [0.717, 1.165) is 30.8 Å². The maximum Gasteiger partial charge on any atom is 0.119 e. The van der Waals surface area contributed by atoms with Gasteiger partial charge in [-0.25, -0.2) is 0 Å². The van der Waals surface area contributed by atoms with Crippen molar-refractivity contribution in [2.75, 3.05) is 20.2 Å². The van der Waals surface area contributed by atoms with Crippen LogP contribution in [0.1, 0.15) is 50.3 Å². The Morgan fingerprint density at radius 3 is 2.71 bits per heavy atom. The van der Waals surface area contributed by atoms with Crippen LogP contribution in [0.5, 0.6) is 5.75 Å². The molecule has 3 rings (SSSR count). The van der Waals surface area contributed by atoms with Crippen LogP contribution < -0.4 is 4.74 Å². The summed E-state index contributed by atoms with van der Waals surface area (Å²) >= 11 is 0. The number of fused-ring (bicyclic) bond motifs is 1. The maximum atomic E-state index is 10.7. The monoisotopic (exact) mass is 289 g/mol. The van der Waals surface area contributed by atoms with E-state index < -0.39 is 0 Å². The third-order valence-electron chi connectivity index (χ3n) is 5.90. The van der Waals surface area contributed by atoms with Crippen molar-refractivity contribution in [2.45, 2.75) is 51.7 Å². The molecule has 0 aromatic heterocycles. The predicted molar refractivity (Wildman–Crippen MR) is 84.7 cm³/mol. The van der Waals surface area contributed by atoms with E-state index >= 15 is 0 Å². The van der Waals surface area contributed by atoms with Crippen molar-refractivity contribution in [1.29, 1.82) is 0 Å². The zero-order valence-electron chi connectivity index (χ0n) is 13.4. The molecule has 0 bridgehead atoms. The summed E-state index contributed by atoms with van der Waals surface area (Å²) in [6.07, 6.45) is 4.33. The molecule has 2 atom stereocenters. The van der Waals surface area contributed by atoms with Gasteiger partial charge in [0.15, 0.2) is 0 Å². The average Bonchev–Trinajstić information content (AvgIpc) is 3.09. The van der Waals surface area contributed by atoms with Gasteiger partial charge in [-0.3, -0.25) is 4.90 Å². The van der Waals surface area contributed by atoms with Crippen molar-refractivity contribution in [1.82, 2.24) is 4.90 Å². The Bertz CT molecular complexity index is 510. The number of methoxy groups -OCH3 is 1. The van der Waals surface area contributed by atoms with Crippen LogP contribution in [0.25, 0.3) is 0 Å². The van der Waals surface area contributed by atoms with Crippen LogP contribution >= 0.6 is 0 Å². The largest absolute Gasteiger partial charge is 0.497 e. The van der Waals surface area contributed by atoms with Gasteiger partial charge in [0.25, 0.3) is 0 Å². The molecule has 3 nitrogen and oxygen atoms in total. The summed E-state index contributed by atoms with van der Waals surface area (Å²) < 4.78 is 5.29. The summed E-state index contributed by atoms with van der Waals surface area (Å²) in [5, 5.41) is 10.7. The lowest BCUT2D eigenvalue weighted by Gasteiger charge is -2.31. The number of hydrogen-bond donors (Lipinski definition) is 1. The lowest BCUT2D eigenvalue weighted by Crippen LogP contribution is -2.38. The van der Waals surface area contributed by atoms with Gasteiger partial charge < -0.3 is 9.84 Å². The number of benzene rings is 1. The molecular formula is C18H27NO2. The van der Waals surface area contributed by atoms with Gasteiger partial charge in [-0.05, 0) is 60.9 Å². The maximum absolute atomic E-state index is 10.7. The number of nitrogens with zero attached hydrogens (tertiary/aromatic N) is 1. The summed E-state index contributed by atoms with van der Waals surface area (Å²) in [7, 11) is 1.68. The molecule has 116 valence electrons. The normalized spacial score (nSPS) is 27.8. The molecule has 0 amide bonds. The van der Waals surface area contributed by atoms with E-state index in [9.17, 15) is 5.11 Å². The standard InChI is InChI=1S/C18H27NO2/c1-4-18(5-2)8-9-19(12-18)16-10-13-6-7-14(21-3)11-15(13)17(16)20/h6-7,11,16-17,20H,4-5,8-10,12H2,1-3H3. The Labute approximate surface area is 127 Å². The van der Waals surface area contributed by atoms with E-state index in [-0.39, 0.29) is 12.1 Å². The highest BCUT2D eigenvalue weighted by Gasteiger charge is 2.42. The first kappa shape index (κ1) is 14.9. The third kappa shape index (κ3) is 2.47. The Hall–Kier alpha value is -1.06. The molecular weight excluding hydrogens is 262 g/mol. The fourth-order valence-corrected chi connectivity index (χ4v) is 4.11. The molecule has 3 heteroatoms. The van der Waals surface area contributed by atoms with E-state index in [4.69, 9.17) is 4.74 Å². The van der Waals surface area contributed by atoms with Gasteiger partial charge in [0, 0.05) is 12.6 Å². The highest BCUT2D eigenvalue weighted by molar-refractivity contribution is 5.42. The highest BCUT2D eigenvalue weighted by atomic mass is 16.5. The first-order valence-electron chi connectivity index (χ1n) is 8.21. The van der Waals surface area contributed by atoms with Gasteiger partial charge in [-0.15, -0.1) is 0 Å². The van der Waals surface area contributed by atoms with Crippen LogP contribution in [0.2, 0.25) is 0 Å². The first-order valence-corrected chi connectivity index (χ1v) is 8.21. The van der Waals surface area contributed by atoms with E-state index in [2.05, 4.69) is 24.8 Å². The number of ether oxygens (including phenoxy) is 1. The molecule has 0 saturated carbocycles. The van der Waals surface area contributed by atoms with Gasteiger partial charge >= 0.3 is 0 Å². The smallest absolute Gasteiger partial charge is 0.119 e. The van der Waals surface area contributed by atoms with Crippen molar-refractivity contribution in [3.8, 4) is 5.75 Å². The van der Waals surface area contributed by atoms with E-state index in [1.54, 1.807) is 7.11 Å². The van der Waals surface area contributed by atoms with E-state index in [0.29, 0.717) is 5.41 Å². The SMILES string of the molecule is CCC1(CC)CCN(C2Cc3ccc(OC)cc3C2O)C1. The molecule has 1 aromatic carbocycles. The fourth-order valence-electron chi connectivity index (χ4n) is 4.11. The Morgan fingerprint density at radius 1 is 1.33 bits per heavy atom. The second kappa shape index (κ2) is 5.62. The van der Waals surface area contributed by atoms with Crippen LogP contribution in [0, 0.1) is 5.41 Å². The second-order valence-electron chi connectivity index (χ2n) is 6.71. The number of aliphatic hydroxyl groups is 1. The van der Waals surface area contributed by atoms with Crippen molar-refractivity contribution >= 4 is 0 Å². The molecule has 1 heterocycles. The minimum Gasteiger partial charge on any atom is -0.497 e. The van der Waals surface area contributed by atoms with Crippen molar-refractivity contribution in [3.05, 3.63) is 29.3 Å². The summed E-state index contributed by atoms with van der Waals surface area (Å²) in [5.74, 6) is 0.839. The fraction of sp³-hybridized carbons (Fsp3) is 0.667. The summed E-state index contributed by atoms with van der Waals surface area (Å²) in [6, 6.07) is 6.36. The van der Waals surface area contributed by atoms with Gasteiger partial charge in [0.05, 0.1) is 13.2 Å². The molecule has 1 saturated heterocycles. The van der Waals surface area contributed by atoms with Crippen LogP contribution in [-0.4, -0.2) is 36.2 Å². The van der Waals surface area contributed by atoms with Crippen molar-refractivity contribution < 1.29 is 9.84 Å². The zero-order valence-corrected chi connectivity index (χ0v) is 13.4. The number of rotatable bonds is 4. The number of likely N-dealkylation sites (tertiary alicyclic amines) is 1. The van der Waals surface area contributed by atoms with Crippen molar-refractivity contribution in [2.24, 2.45) is 5.41 Å². The van der Waals surface area contributed by atoms with E-state index in [1.807, 2.05) is 12.1 Å². The molecule has 0 spiro atoms. The molecule has 1 aliphatic heterocycles. The molecule has 21 heavy (non-hydrogen) atoms. The van der Waals surface area contributed by atoms with Gasteiger partial charge in [-0.1, -0.05) is 19.9 Å². The first-order chi connectivity index (χ1) is 10.1. The average molecular weight is 289 g/mol. The summed E-state index contributed by atoms with van der Waals surface area (Å²) in [4.78, 5) is 2.52. The summed E-state index contributed by atoms with van der Waals surface area (Å²) in [6.45, 7) is 6.86. The third-order valence-corrected chi connectivity index (χ3v) is 5.90. The van der Waals surface area contributed by atoms with Crippen molar-refractivity contribution in [3.63, 3.8) is 0 Å². The number of aliphatic hydroxyl groups excluding tert-OH is 1. The van der Waals surface area contributed by atoms with Crippen LogP contribution in [0.15, 0.2) is 18.2 Å². The Kier molecular flexibility index (Phi) is 3.98.